The van der Waals surface area contributed by atoms with Crippen molar-refractivity contribution in [2.24, 2.45) is 0 Å². The first-order chi connectivity index (χ1) is 11.5. The number of hydrogen-bond donors (Lipinski definition) is 2. The van der Waals surface area contributed by atoms with Crippen LogP contribution in [-0.4, -0.2) is 14.3 Å². The first kappa shape index (κ1) is 18.8. The number of amides is 1. The molecule has 7 heteroatoms. The summed E-state index contributed by atoms with van der Waals surface area (Å²) in [5.74, 6) is -0.0741. The minimum absolute atomic E-state index is 0.0363. The molecule has 0 aromatic heterocycles. The van der Waals surface area contributed by atoms with E-state index in [0.29, 0.717) is 5.69 Å². The predicted molar refractivity (Wildman–Crippen MR) is 98.1 cm³/mol. The third-order valence-corrected chi connectivity index (χ3v) is 4.79. The lowest BCUT2D eigenvalue weighted by Gasteiger charge is -2.19. The maximum atomic E-state index is 12.4. The molecule has 0 bridgehead atoms. The van der Waals surface area contributed by atoms with Crippen LogP contribution in [-0.2, 0) is 20.3 Å². The van der Waals surface area contributed by atoms with Crippen LogP contribution in [0.4, 0.5) is 11.4 Å². The SMILES string of the molecule is CC(=O)Nc1ccc(S(=O)(=O)Oc2ccc(C(C)(C)C)cc2)cc1N. The highest BCUT2D eigenvalue weighted by Crippen LogP contribution is 2.27. The van der Waals surface area contributed by atoms with Gasteiger partial charge in [-0.2, -0.15) is 8.42 Å². The second-order valence-corrected chi connectivity index (χ2v) is 8.29. The molecule has 1 amide bonds. The molecule has 6 nitrogen and oxygen atoms in total. The summed E-state index contributed by atoms with van der Waals surface area (Å²) >= 11 is 0. The summed E-state index contributed by atoms with van der Waals surface area (Å²) in [5.41, 5.74) is 7.32. The summed E-state index contributed by atoms with van der Waals surface area (Å²) in [6.07, 6.45) is 0. The molecule has 0 aliphatic heterocycles. The van der Waals surface area contributed by atoms with E-state index >= 15 is 0 Å². The lowest BCUT2D eigenvalue weighted by atomic mass is 9.87. The zero-order chi connectivity index (χ0) is 18.8. The topological polar surface area (TPSA) is 98.5 Å². The Bertz CT molecular complexity index is 882. The van der Waals surface area contributed by atoms with E-state index in [4.69, 9.17) is 9.92 Å². The van der Waals surface area contributed by atoms with E-state index in [9.17, 15) is 13.2 Å². The average molecular weight is 362 g/mol. The van der Waals surface area contributed by atoms with Crippen LogP contribution in [0.15, 0.2) is 47.4 Å². The Labute approximate surface area is 148 Å². The Balaban J connectivity index is 2.24. The molecule has 0 aliphatic rings. The van der Waals surface area contributed by atoms with Gasteiger partial charge in [-0.1, -0.05) is 32.9 Å². The molecule has 0 atom stereocenters. The lowest BCUT2D eigenvalue weighted by molar-refractivity contribution is -0.114. The maximum absolute atomic E-state index is 12.4. The zero-order valence-corrected chi connectivity index (χ0v) is 15.5. The van der Waals surface area contributed by atoms with Crippen molar-refractivity contribution in [3.63, 3.8) is 0 Å². The molecule has 2 aromatic rings. The van der Waals surface area contributed by atoms with Crippen molar-refractivity contribution in [3.05, 3.63) is 48.0 Å². The van der Waals surface area contributed by atoms with Crippen molar-refractivity contribution >= 4 is 27.4 Å². The van der Waals surface area contributed by atoms with E-state index in [2.05, 4.69) is 26.1 Å². The summed E-state index contributed by atoms with van der Waals surface area (Å²) in [6, 6.07) is 10.9. The van der Waals surface area contributed by atoms with Gasteiger partial charge in [0.1, 0.15) is 10.6 Å². The largest absolute Gasteiger partial charge is 0.397 e. The second-order valence-electron chi connectivity index (χ2n) is 6.74. The van der Waals surface area contributed by atoms with E-state index in [1.807, 2.05) is 12.1 Å². The van der Waals surface area contributed by atoms with Crippen molar-refractivity contribution in [1.82, 2.24) is 0 Å². The van der Waals surface area contributed by atoms with Crippen molar-refractivity contribution in [1.29, 1.82) is 0 Å². The third-order valence-electron chi connectivity index (χ3n) is 3.55. The van der Waals surface area contributed by atoms with Crippen LogP contribution >= 0.6 is 0 Å². The summed E-state index contributed by atoms with van der Waals surface area (Å²) in [5, 5.41) is 2.52. The van der Waals surface area contributed by atoms with E-state index in [-0.39, 0.29) is 27.7 Å². The van der Waals surface area contributed by atoms with Crippen molar-refractivity contribution < 1.29 is 17.4 Å². The summed E-state index contributed by atoms with van der Waals surface area (Å²) in [6.45, 7) is 7.55. The van der Waals surface area contributed by atoms with Gasteiger partial charge in [-0.3, -0.25) is 4.79 Å². The molecule has 0 spiro atoms. The summed E-state index contributed by atoms with van der Waals surface area (Å²) in [7, 11) is -4.02. The molecule has 0 fully saturated rings. The van der Waals surface area contributed by atoms with E-state index in [1.54, 1.807) is 12.1 Å². The molecule has 25 heavy (non-hydrogen) atoms. The molecule has 0 aliphatic carbocycles. The highest BCUT2D eigenvalue weighted by atomic mass is 32.2. The number of carbonyl (C=O) groups is 1. The molecule has 0 saturated carbocycles. The van der Waals surface area contributed by atoms with Crippen LogP contribution in [0.5, 0.6) is 5.75 Å². The number of carbonyl (C=O) groups excluding carboxylic acids is 1. The summed E-state index contributed by atoms with van der Waals surface area (Å²) < 4.78 is 30.0. The number of rotatable bonds is 4. The second kappa shape index (κ2) is 6.76. The molecule has 2 rings (SSSR count). The Morgan fingerprint density at radius 1 is 1.08 bits per heavy atom. The molecule has 134 valence electrons. The minimum atomic E-state index is -4.02. The standard InChI is InChI=1S/C18H22N2O4S/c1-12(21)20-17-10-9-15(11-16(17)19)25(22,23)24-14-7-5-13(6-8-14)18(2,3)4/h5-11H,19H2,1-4H3,(H,20,21). The molecule has 0 unspecified atom stereocenters. The van der Waals surface area contributed by atoms with Crippen molar-refractivity contribution in [2.45, 2.75) is 38.0 Å². The highest BCUT2D eigenvalue weighted by Gasteiger charge is 2.19. The quantitative estimate of drug-likeness (QED) is 0.642. The lowest BCUT2D eigenvalue weighted by Crippen LogP contribution is -2.13. The van der Waals surface area contributed by atoms with Crippen LogP contribution in [0.25, 0.3) is 0 Å². The van der Waals surface area contributed by atoms with E-state index < -0.39 is 10.1 Å². The number of nitrogen functional groups attached to an aromatic ring is 1. The van der Waals surface area contributed by atoms with Gasteiger partial charge < -0.3 is 15.2 Å². The molecule has 2 aromatic carbocycles. The Kier molecular flexibility index (Phi) is 5.08. The fourth-order valence-corrected chi connectivity index (χ4v) is 3.15. The smallest absolute Gasteiger partial charge is 0.339 e. The highest BCUT2D eigenvalue weighted by molar-refractivity contribution is 7.87. The van der Waals surface area contributed by atoms with Gasteiger partial charge in [0.2, 0.25) is 5.91 Å². The predicted octanol–water partition coefficient (Wildman–Crippen LogP) is 3.29. The maximum Gasteiger partial charge on any atom is 0.339 e. The Morgan fingerprint density at radius 3 is 2.16 bits per heavy atom. The van der Waals surface area contributed by atoms with Gasteiger partial charge in [0.05, 0.1) is 11.4 Å². The Hall–Kier alpha value is -2.54. The van der Waals surface area contributed by atoms with Crippen LogP contribution in [0, 0.1) is 0 Å². The van der Waals surface area contributed by atoms with Crippen LogP contribution in [0.2, 0.25) is 0 Å². The van der Waals surface area contributed by atoms with Crippen LogP contribution in [0.1, 0.15) is 33.3 Å². The van der Waals surface area contributed by atoms with Gasteiger partial charge in [0, 0.05) is 6.92 Å². The molecule has 3 N–H and O–H groups in total. The van der Waals surface area contributed by atoms with Crippen LogP contribution < -0.4 is 15.2 Å². The van der Waals surface area contributed by atoms with Gasteiger partial charge in [-0.05, 0) is 41.3 Å². The fraction of sp³-hybridized carbons (Fsp3) is 0.278. The minimum Gasteiger partial charge on any atom is -0.397 e. The first-order valence-corrected chi connectivity index (χ1v) is 9.12. The molecule has 0 heterocycles. The molecular formula is C18H22N2O4S. The van der Waals surface area contributed by atoms with Crippen molar-refractivity contribution in [2.75, 3.05) is 11.1 Å². The summed E-state index contributed by atoms with van der Waals surface area (Å²) in [4.78, 5) is 11.0. The monoisotopic (exact) mass is 362 g/mol. The number of nitrogens with two attached hydrogens (primary N) is 1. The van der Waals surface area contributed by atoms with Gasteiger partial charge in [0.15, 0.2) is 0 Å². The number of benzene rings is 2. The number of hydrogen-bond acceptors (Lipinski definition) is 5. The fourth-order valence-electron chi connectivity index (χ4n) is 2.19. The van der Waals surface area contributed by atoms with Gasteiger partial charge >= 0.3 is 10.1 Å². The van der Waals surface area contributed by atoms with E-state index in [1.165, 1.54) is 25.1 Å². The number of anilines is 2. The molecular weight excluding hydrogens is 340 g/mol. The average Bonchev–Trinajstić information content (AvgIpc) is 2.48. The van der Waals surface area contributed by atoms with Crippen LogP contribution in [0.3, 0.4) is 0 Å². The first-order valence-electron chi connectivity index (χ1n) is 7.71. The normalized spacial score (nSPS) is 11.8. The third kappa shape index (κ3) is 4.73. The molecule has 0 radical (unpaired) electrons. The van der Waals surface area contributed by atoms with E-state index in [0.717, 1.165) is 5.56 Å². The van der Waals surface area contributed by atoms with Gasteiger partial charge in [-0.15, -0.1) is 0 Å². The zero-order valence-electron chi connectivity index (χ0n) is 14.7. The Morgan fingerprint density at radius 2 is 1.68 bits per heavy atom. The molecule has 0 saturated heterocycles. The van der Waals surface area contributed by atoms with Crippen molar-refractivity contribution in [3.8, 4) is 5.75 Å². The van der Waals surface area contributed by atoms with Gasteiger partial charge in [0.25, 0.3) is 0 Å². The van der Waals surface area contributed by atoms with Gasteiger partial charge in [-0.25, -0.2) is 0 Å². The number of nitrogens with one attached hydrogen (secondary N) is 1.